The normalized spacial score (nSPS) is 14.9. The van der Waals surface area contributed by atoms with Crippen molar-refractivity contribution in [2.45, 2.75) is 78.6 Å². The highest BCUT2D eigenvalue weighted by molar-refractivity contribution is 6.09. The van der Waals surface area contributed by atoms with E-state index in [9.17, 15) is 0 Å². The van der Waals surface area contributed by atoms with Gasteiger partial charge in [0, 0.05) is 52.0 Å². The van der Waals surface area contributed by atoms with Crippen molar-refractivity contribution in [2.75, 3.05) is 16.5 Å². The van der Waals surface area contributed by atoms with E-state index in [4.69, 9.17) is 28.2 Å². The molecule has 0 fully saturated rings. The molecule has 0 saturated heterocycles. The first-order valence-corrected chi connectivity index (χ1v) is 24.3. The summed E-state index contributed by atoms with van der Waals surface area (Å²) in [6.07, 6.45) is 1.77. The summed E-state index contributed by atoms with van der Waals surface area (Å²) in [7, 11) is 0. The molecule has 1 aliphatic rings. The molecule has 0 N–H and O–H groups in total. The summed E-state index contributed by atoms with van der Waals surface area (Å²) in [5.41, 5.74) is 7.31. The van der Waals surface area contributed by atoms with E-state index >= 15 is 0 Å². The van der Waals surface area contributed by atoms with Crippen LogP contribution in [-0.2, 0) is 16.2 Å². The van der Waals surface area contributed by atoms with E-state index in [1.165, 1.54) is 11.1 Å². The van der Waals surface area contributed by atoms with Gasteiger partial charge in [-0.25, -0.2) is 4.98 Å². The molecule has 3 heterocycles. The van der Waals surface area contributed by atoms with E-state index in [0.29, 0.717) is 28.8 Å². The predicted octanol–water partition coefficient (Wildman–Crippen LogP) is 18.2. The minimum atomic E-state index is -0.556. The molecule has 0 atom stereocenters. The van der Waals surface area contributed by atoms with Crippen molar-refractivity contribution in [2.24, 2.45) is 0 Å². The number of aromatic nitrogens is 2. The van der Waals surface area contributed by atoms with Gasteiger partial charge in [-0.1, -0.05) is 177 Å². The Morgan fingerprint density at radius 1 is 0.458 bits per heavy atom. The fraction of sp³-hybridized carbons (Fsp3) is 0.197. The van der Waals surface area contributed by atoms with Gasteiger partial charge in [-0.05, 0) is 105 Å². The number of para-hydroxylation sites is 4. The van der Waals surface area contributed by atoms with Gasteiger partial charge in [-0.15, -0.1) is 0 Å². The van der Waals surface area contributed by atoms with Crippen LogP contribution in [0, 0.1) is 0 Å². The Kier molecular flexibility index (Phi) is 8.95. The molecule has 10 aromatic rings. The standard InChI is InChI=1S/C66H62N4O2/c1-64(2,3)46-35-47(65(4,5)6)38-52(37-46)72-51-33-34-67-62(42-51)70-58-28-17-16-25-56(58)57-32-31-50(41-61(57)70)71-53-39-48(66(7,8)9)36-49(40-53)68-43-69(60-30-19-18-29-59(60)68)63-54(44-21-12-10-13-22-44)26-20-27-55(63)45-23-14-11-15-24-45/h10-42H,43H2,1-9H3/i10D,11D,12D,13D,14D,15D,21D,22D,23D,24D. The van der Waals surface area contributed by atoms with E-state index in [2.05, 4.69) is 114 Å². The Hall–Kier alpha value is -8.09. The Balaban J connectivity index is 1.02. The van der Waals surface area contributed by atoms with E-state index in [1.807, 2.05) is 77.7 Å². The summed E-state index contributed by atoms with van der Waals surface area (Å²) in [6, 6.07) is 38.3. The van der Waals surface area contributed by atoms with Crippen LogP contribution in [0.4, 0.5) is 22.7 Å². The first-order valence-electron chi connectivity index (χ1n) is 29.3. The highest BCUT2D eigenvalue weighted by Gasteiger charge is 2.32. The van der Waals surface area contributed by atoms with Crippen molar-refractivity contribution in [3.8, 4) is 51.1 Å². The first-order chi connectivity index (χ1) is 38.7. The van der Waals surface area contributed by atoms with E-state index in [-0.39, 0.29) is 50.9 Å². The van der Waals surface area contributed by atoms with Crippen molar-refractivity contribution in [1.82, 2.24) is 9.55 Å². The molecule has 1 aliphatic heterocycles. The van der Waals surface area contributed by atoms with Gasteiger partial charge in [0.2, 0.25) is 0 Å². The lowest BCUT2D eigenvalue weighted by molar-refractivity contribution is 0.472. The van der Waals surface area contributed by atoms with E-state index < -0.39 is 60.4 Å². The second kappa shape index (κ2) is 17.9. The van der Waals surface area contributed by atoms with Crippen LogP contribution in [0.15, 0.2) is 200 Å². The average molecular weight is 953 g/mol. The Bertz CT molecular complexity index is 4070. The highest BCUT2D eigenvalue weighted by Crippen LogP contribution is 2.51. The quantitative estimate of drug-likeness (QED) is 0.144. The fourth-order valence-corrected chi connectivity index (χ4v) is 9.51. The van der Waals surface area contributed by atoms with Crippen LogP contribution < -0.4 is 19.3 Å². The number of hydrogen-bond acceptors (Lipinski definition) is 5. The molecular formula is C66H62N4O2. The molecule has 11 rings (SSSR count). The SMILES string of the molecule is [2H]c1c([2H])c([2H])c(-c2cccc(-c3c([2H])c([2H])c([2H])c([2H])c3[2H])c2N2CN(c3cc(Oc4ccc5c6ccccc6n(-c6cc(Oc7cc(C(C)(C)C)cc(C(C)(C)C)c7)ccn6)c5c4)cc(C(C)(C)C)c3)c3ccccc32)c([2H])c1[2H]. The van der Waals surface area contributed by atoms with Crippen LogP contribution in [-0.4, -0.2) is 16.2 Å². The van der Waals surface area contributed by atoms with Crippen molar-refractivity contribution >= 4 is 44.6 Å². The molecule has 0 radical (unpaired) electrons. The minimum Gasteiger partial charge on any atom is -0.457 e. The second-order valence-corrected chi connectivity index (χ2v) is 21.5. The molecule has 72 heavy (non-hydrogen) atoms. The number of pyridine rings is 1. The van der Waals surface area contributed by atoms with Crippen molar-refractivity contribution in [3.05, 3.63) is 217 Å². The zero-order valence-electron chi connectivity index (χ0n) is 52.1. The van der Waals surface area contributed by atoms with Crippen LogP contribution in [0.3, 0.4) is 0 Å². The van der Waals surface area contributed by atoms with Gasteiger partial charge in [0.1, 0.15) is 35.5 Å². The van der Waals surface area contributed by atoms with Gasteiger partial charge in [0.25, 0.3) is 0 Å². The third-order valence-electron chi connectivity index (χ3n) is 13.4. The largest absolute Gasteiger partial charge is 0.457 e. The Morgan fingerprint density at radius 2 is 0.986 bits per heavy atom. The zero-order valence-corrected chi connectivity index (χ0v) is 42.1. The number of nitrogens with zero attached hydrogens (tertiary/aromatic N) is 4. The molecule has 6 heteroatoms. The Morgan fingerprint density at radius 3 is 1.60 bits per heavy atom. The summed E-state index contributed by atoms with van der Waals surface area (Å²) >= 11 is 0. The smallest absolute Gasteiger partial charge is 0.141 e. The zero-order chi connectivity index (χ0) is 58.6. The predicted molar refractivity (Wildman–Crippen MR) is 301 cm³/mol. The number of hydrogen-bond donors (Lipinski definition) is 0. The van der Waals surface area contributed by atoms with Crippen molar-refractivity contribution in [1.29, 1.82) is 0 Å². The van der Waals surface area contributed by atoms with Gasteiger partial charge in [0.15, 0.2) is 0 Å². The number of ether oxygens (including phenoxy) is 2. The molecule has 6 nitrogen and oxygen atoms in total. The summed E-state index contributed by atoms with van der Waals surface area (Å²) < 4.78 is 104. The maximum Gasteiger partial charge on any atom is 0.141 e. The average Bonchev–Trinajstić information content (AvgIpc) is 2.34. The summed E-state index contributed by atoms with van der Waals surface area (Å²) in [6.45, 7) is 19.7. The lowest BCUT2D eigenvalue weighted by atomic mass is 9.80. The fourth-order valence-electron chi connectivity index (χ4n) is 9.51. The van der Waals surface area contributed by atoms with Gasteiger partial charge >= 0.3 is 0 Å². The second-order valence-electron chi connectivity index (χ2n) is 21.5. The molecule has 0 bridgehead atoms. The summed E-state index contributed by atoms with van der Waals surface area (Å²) in [5, 5.41) is 2.05. The molecule has 0 aliphatic carbocycles. The highest BCUT2D eigenvalue weighted by atomic mass is 16.5. The van der Waals surface area contributed by atoms with Crippen molar-refractivity contribution < 1.29 is 23.2 Å². The molecule has 8 aromatic carbocycles. The summed E-state index contributed by atoms with van der Waals surface area (Å²) in [4.78, 5) is 8.93. The van der Waals surface area contributed by atoms with Crippen molar-refractivity contribution in [3.63, 3.8) is 0 Å². The summed E-state index contributed by atoms with van der Waals surface area (Å²) in [5.74, 6) is 3.20. The number of fused-ring (bicyclic) bond motifs is 4. The first kappa shape index (κ1) is 35.9. The molecule has 2 aromatic heterocycles. The molecule has 0 spiro atoms. The maximum absolute atomic E-state index is 9.15. The van der Waals surface area contributed by atoms with Crippen LogP contribution in [0.25, 0.3) is 49.9 Å². The Labute approximate surface area is 438 Å². The monoisotopic (exact) mass is 953 g/mol. The molecular weight excluding hydrogens is 881 g/mol. The number of benzene rings is 8. The molecule has 0 saturated carbocycles. The van der Waals surface area contributed by atoms with Gasteiger partial charge in [-0.3, -0.25) is 4.57 Å². The van der Waals surface area contributed by atoms with E-state index in [0.717, 1.165) is 44.5 Å². The van der Waals surface area contributed by atoms with Crippen LogP contribution in [0.2, 0.25) is 0 Å². The lowest BCUT2D eigenvalue weighted by Crippen LogP contribution is -2.25. The molecule has 0 amide bonds. The van der Waals surface area contributed by atoms with E-state index in [1.54, 1.807) is 24.4 Å². The molecule has 0 unspecified atom stereocenters. The molecule has 358 valence electrons. The lowest BCUT2D eigenvalue weighted by Gasteiger charge is -2.28. The van der Waals surface area contributed by atoms with Gasteiger partial charge < -0.3 is 19.3 Å². The van der Waals surface area contributed by atoms with Gasteiger partial charge in [-0.2, -0.15) is 0 Å². The van der Waals surface area contributed by atoms with Crippen LogP contribution >= 0.6 is 0 Å². The number of rotatable bonds is 9. The third kappa shape index (κ3) is 8.87. The number of anilines is 4. The minimum absolute atomic E-state index is 0.0922. The van der Waals surface area contributed by atoms with Gasteiger partial charge in [0.05, 0.1) is 41.8 Å². The topological polar surface area (TPSA) is 42.8 Å². The third-order valence-corrected chi connectivity index (χ3v) is 13.4. The maximum atomic E-state index is 9.15. The van der Waals surface area contributed by atoms with Crippen LogP contribution in [0.5, 0.6) is 23.0 Å². The van der Waals surface area contributed by atoms with Crippen LogP contribution in [0.1, 0.15) is 92.7 Å².